The van der Waals surface area contributed by atoms with Crippen LogP contribution >= 0.6 is 0 Å². The highest BCUT2D eigenvalue weighted by atomic mass is 16.5. The highest BCUT2D eigenvalue weighted by Crippen LogP contribution is 2.23. The molecular formula is C16H18N2O3. The predicted octanol–water partition coefficient (Wildman–Crippen LogP) is 0.336. The summed E-state index contributed by atoms with van der Waals surface area (Å²) >= 11 is 0. The lowest BCUT2D eigenvalue weighted by Crippen LogP contribution is -2.50. The first kappa shape index (κ1) is 15.1. The summed E-state index contributed by atoms with van der Waals surface area (Å²) in [6.07, 6.45) is 5.66. The molecule has 0 aromatic heterocycles. The third kappa shape index (κ3) is 3.61. The number of fused-ring (bicyclic) bond motifs is 1. The second kappa shape index (κ2) is 6.91. The molecule has 1 atom stereocenters. The van der Waals surface area contributed by atoms with E-state index in [4.69, 9.17) is 11.2 Å². The molecule has 5 heteroatoms. The number of terminal acetylenes is 1. The van der Waals surface area contributed by atoms with Crippen LogP contribution in [0.15, 0.2) is 24.3 Å². The van der Waals surface area contributed by atoms with Gasteiger partial charge in [0.1, 0.15) is 6.04 Å². The number of ether oxygens (including phenoxy) is 1. The van der Waals surface area contributed by atoms with Crippen LogP contribution in [0.1, 0.15) is 11.1 Å². The van der Waals surface area contributed by atoms with E-state index in [-0.39, 0.29) is 25.0 Å². The Labute approximate surface area is 124 Å². The van der Waals surface area contributed by atoms with Crippen LogP contribution in [-0.2, 0) is 27.3 Å². The van der Waals surface area contributed by atoms with Crippen LogP contribution in [0.5, 0.6) is 0 Å². The van der Waals surface area contributed by atoms with E-state index in [1.165, 1.54) is 7.11 Å². The monoisotopic (exact) mass is 286 g/mol. The molecule has 1 aliphatic rings. The average Bonchev–Trinajstić information content (AvgIpc) is 2.51. The molecule has 0 bridgehead atoms. The molecule has 21 heavy (non-hydrogen) atoms. The van der Waals surface area contributed by atoms with Crippen molar-refractivity contribution >= 4 is 11.9 Å². The Morgan fingerprint density at radius 2 is 2.14 bits per heavy atom. The molecule has 0 unspecified atom stereocenters. The lowest BCUT2D eigenvalue weighted by molar-refractivity contribution is -0.148. The van der Waals surface area contributed by atoms with Crippen LogP contribution in [0.4, 0.5) is 0 Å². The fraction of sp³-hybridized carbons (Fsp3) is 0.375. The van der Waals surface area contributed by atoms with Crippen molar-refractivity contribution in [2.45, 2.75) is 19.0 Å². The molecule has 0 fully saturated rings. The minimum Gasteiger partial charge on any atom is -0.468 e. The third-order valence-corrected chi connectivity index (χ3v) is 3.55. The maximum absolute atomic E-state index is 12.0. The quantitative estimate of drug-likeness (QED) is 0.640. The Balaban J connectivity index is 2.15. The van der Waals surface area contributed by atoms with Gasteiger partial charge in [-0.3, -0.25) is 14.5 Å². The van der Waals surface area contributed by atoms with Crippen molar-refractivity contribution < 1.29 is 14.3 Å². The van der Waals surface area contributed by atoms with Gasteiger partial charge in [0.25, 0.3) is 0 Å². The van der Waals surface area contributed by atoms with Gasteiger partial charge in [0.15, 0.2) is 0 Å². The van der Waals surface area contributed by atoms with Gasteiger partial charge in [-0.15, -0.1) is 6.42 Å². The fourth-order valence-electron chi connectivity index (χ4n) is 2.50. The van der Waals surface area contributed by atoms with Crippen molar-refractivity contribution in [1.82, 2.24) is 10.2 Å². The van der Waals surface area contributed by atoms with Gasteiger partial charge in [0.05, 0.1) is 20.2 Å². The molecule has 2 rings (SSSR count). The second-order valence-corrected chi connectivity index (χ2v) is 4.90. The van der Waals surface area contributed by atoms with E-state index in [0.717, 1.165) is 11.1 Å². The summed E-state index contributed by atoms with van der Waals surface area (Å²) < 4.78 is 4.85. The average molecular weight is 286 g/mol. The van der Waals surface area contributed by atoms with Gasteiger partial charge in [-0.25, -0.2) is 0 Å². The van der Waals surface area contributed by atoms with Crippen LogP contribution in [-0.4, -0.2) is 43.0 Å². The van der Waals surface area contributed by atoms with Crippen molar-refractivity contribution in [3.63, 3.8) is 0 Å². The van der Waals surface area contributed by atoms with Gasteiger partial charge >= 0.3 is 5.97 Å². The van der Waals surface area contributed by atoms with Crippen molar-refractivity contribution in [2.24, 2.45) is 0 Å². The first-order valence-corrected chi connectivity index (χ1v) is 6.74. The molecule has 110 valence electrons. The lowest BCUT2D eigenvalue weighted by Gasteiger charge is -2.34. The first-order chi connectivity index (χ1) is 10.2. The van der Waals surface area contributed by atoms with E-state index in [2.05, 4.69) is 11.2 Å². The van der Waals surface area contributed by atoms with Crippen LogP contribution < -0.4 is 5.32 Å². The molecule has 0 aliphatic carbocycles. The number of methoxy groups -OCH3 is 1. The van der Waals surface area contributed by atoms with Crippen molar-refractivity contribution in [3.05, 3.63) is 35.4 Å². The van der Waals surface area contributed by atoms with E-state index in [9.17, 15) is 9.59 Å². The van der Waals surface area contributed by atoms with Crippen molar-refractivity contribution in [2.75, 3.05) is 20.2 Å². The lowest BCUT2D eigenvalue weighted by atomic mass is 9.94. The largest absolute Gasteiger partial charge is 0.468 e. The molecule has 0 radical (unpaired) electrons. The summed E-state index contributed by atoms with van der Waals surface area (Å²) in [6, 6.07) is 7.47. The molecule has 0 saturated carbocycles. The highest BCUT2D eigenvalue weighted by Gasteiger charge is 2.33. The van der Waals surface area contributed by atoms with Crippen LogP contribution in [0.25, 0.3) is 0 Å². The number of carbonyl (C=O) groups is 2. The summed E-state index contributed by atoms with van der Waals surface area (Å²) in [7, 11) is 1.36. The smallest absolute Gasteiger partial charge is 0.323 e. The maximum atomic E-state index is 12.0. The Morgan fingerprint density at radius 3 is 2.81 bits per heavy atom. The van der Waals surface area contributed by atoms with Gasteiger partial charge in [0, 0.05) is 6.54 Å². The van der Waals surface area contributed by atoms with E-state index < -0.39 is 6.04 Å². The molecule has 0 saturated heterocycles. The zero-order valence-electron chi connectivity index (χ0n) is 12.0. The molecule has 0 spiro atoms. The Hall–Kier alpha value is -2.32. The van der Waals surface area contributed by atoms with E-state index in [1.54, 1.807) is 0 Å². The minimum absolute atomic E-state index is 0.121. The van der Waals surface area contributed by atoms with Gasteiger partial charge in [-0.05, 0) is 17.5 Å². The zero-order chi connectivity index (χ0) is 15.2. The van der Waals surface area contributed by atoms with Gasteiger partial charge < -0.3 is 10.1 Å². The molecule has 1 aromatic carbocycles. The number of rotatable bonds is 4. The van der Waals surface area contributed by atoms with E-state index in [0.29, 0.717) is 13.0 Å². The number of hydrogen-bond donors (Lipinski definition) is 1. The van der Waals surface area contributed by atoms with Crippen molar-refractivity contribution in [1.29, 1.82) is 0 Å². The highest BCUT2D eigenvalue weighted by molar-refractivity contribution is 5.81. The summed E-state index contributed by atoms with van der Waals surface area (Å²) in [5.74, 6) is 1.84. The summed E-state index contributed by atoms with van der Waals surface area (Å²) in [5.41, 5.74) is 2.25. The second-order valence-electron chi connectivity index (χ2n) is 4.90. The number of esters is 1. The molecule has 5 nitrogen and oxygen atoms in total. The van der Waals surface area contributed by atoms with Crippen LogP contribution in [0, 0.1) is 12.3 Å². The van der Waals surface area contributed by atoms with Crippen LogP contribution in [0.2, 0.25) is 0 Å². The number of nitrogens with zero attached hydrogens (tertiary/aromatic N) is 1. The van der Waals surface area contributed by atoms with Crippen molar-refractivity contribution in [3.8, 4) is 12.3 Å². The Kier molecular flexibility index (Phi) is 4.96. The van der Waals surface area contributed by atoms with E-state index >= 15 is 0 Å². The summed E-state index contributed by atoms with van der Waals surface area (Å²) in [6.45, 7) is 0.849. The normalized spacial score (nSPS) is 17.4. The number of amides is 1. The van der Waals surface area contributed by atoms with Crippen LogP contribution in [0.3, 0.4) is 0 Å². The topological polar surface area (TPSA) is 58.6 Å². The maximum Gasteiger partial charge on any atom is 0.323 e. The third-order valence-electron chi connectivity index (χ3n) is 3.55. The number of benzene rings is 1. The van der Waals surface area contributed by atoms with Gasteiger partial charge in [-0.1, -0.05) is 30.2 Å². The molecule has 1 amide bonds. The standard InChI is InChI=1S/C16H18N2O3/c1-3-8-17-15(19)11-18-10-13-7-5-4-6-12(13)9-14(18)16(20)21-2/h1,4-7,14H,8-11H2,2H3,(H,17,19)/t14-/m0/s1. The molecular weight excluding hydrogens is 268 g/mol. The summed E-state index contributed by atoms with van der Waals surface area (Å²) in [5, 5.41) is 2.61. The van der Waals surface area contributed by atoms with Gasteiger partial charge in [0.2, 0.25) is 5.91 Å². The zero-order valence-corrected chi connectivity index (χ0v) is 12.0. The first-order valence-electron chi connectivity index (χ1n) is 6.74. The molecule has 1 heterocycles. The number of nitrogens with one attached hydrogen (secondary N) is 1. The fourth-order valence-corrected chi connectivity index (χ4v) is 2.50. The molecule has 1 aromatic rings. The SMILES string of the molecule is C#CCNC(=O)CN1Cc2ccccc2C[C@H]1C(=O)OC. The minimum atomic E-state index is -0.443. The number of carbonyl (C=O) groups excluding carboxylic acids is 2. The summed E-state index contributed by atoms with van der Waals surface area (Å²) in [4.78, 5) is 25.6. The van der Waals surface area contributed by atoms with Gasteiger partial charge in [-0.2, -0.15) is 0 Å². The predicted molar refractivity (Wildman–Crippen MR) is 78.2 cm³/mol. The molecule has 1 aliphatic heterocycles. The number of hydrogen-bond acceptors (Lipinski definition) is 4. The van der Waals surface area contributed by atoms with E-state index in [1.807, 2.05) is 29.2 Å². The Bertz CT molecular complexity index is 577. The molecule has 1 N–H and O–H groups in total. The Morgan fingerprint density at radius 1 is 1.43 bits per heavy atom.